The van der Waals surface area contributed by atoms with E-state index in [0.717, 1.165) is 0 Å². The van der Waals surface area contributed by atoms with E-state index < -0.39 is 10.0 Å². The average Bonchev–Trinajstić information content (AvgIpc) is 3.01. The normalized spacial score (nSPS) is 14.4. The Morgan fingerprint density at radius 3 is 2.68 bits per heavy atom. The summed E-state index contributed by atoms with van der Waals surface area (Å²) >= 11 is 6.02. The summed E-state index contributed by atoms with van der Waals surface area (Å²) in [5.41, 5.74) is 0.692. The monoisotopic (exact) mass is 383 g/mol. The van der Waals surface area contributed by atoms with Crippen molar-refractivity contribution >= 4 is 33.2 Å². The second-order valence-electron chi connectivity index (χ2n) is 5.59. The van der Waals surface area contributed by atoms with Gasteiger partial charge in [-0.05, 0) is 31.2 Å². The van der Waals surface area contributed by atoms with Gasteiger partial charge in [0.25, 0.3) is 15.9 Å². The summed E-state index contributed by atoms with van der Waals surface area (Å²) < 4.78 is 34.4. The molecule has 0 unspecified atom stereocenters. The number of fused-ring (bicyclic) bond motifs is 1. The van der Waals surface area contributed by atoms with Crippen molar-refractivity contribution in [2.24, 2.45) is 0 Å². The molecule has 134 valence electrons. The highest BCUT2D eigenvalue weighted by Gasteiger charge is 2.27. The largest absolute Gasteiger partial charge is 0.495 e. The van der Waals surface area contributed by atoms with E-state index in [9.17, 15) is 13.2 Å². The van der Waals surface area contributed by atoms with Crippen LogP contribution in [0.2, 0.25) is 5.02 Å². The minimum absolute atomic E-state index is 0.0424. The van der Waals surface area contributed by atoms with E-state index in [1.807, 2.05) is 6.92 Å². The Balaban J connectivity index is 1.89. The molecule has 0 spiro atoms. The van der Waals surface area contributed by atoms with Crippen LogP contribution in [0.15, 0.2) is 35.4 Å². The first-order valence-corrected chi connectivity index (χ1v) is 9.57. The molecule has 2 heterocycles. The summed E-state index contributed by atoms with van der Waals surface area (Å²) in [4.78, 5) is 14.0. The van der Waals surface area contributed by atoms with Crippen molar-refractivity contribution in [3.63, 3.8) is 0 Å². The molecule has 25 heavy (non-hydrogen) atoms. The molecule has 0 saturated heterocycles. The molecular formula is C16H18ClN3O4S. The van der Waals surface area contributed by atoms with Gasteiger partial charge in [0.15, 0.2) is 0 Å². The number of nitrogens with zero attached hydrogens (tertiary/aromatic N) is 2. The summed E-state index contributed by atoms with van der Waals surface area (Å²) in [6, 6.07) is 6.01. The Morgan fingerprint density at radius 1 is 1.28 bits per heavy atom. The third-order valence-corrected chi connectivity index (χ3v) is 5.73. The van der Waals surface area contributed by atoms with Gasteiger partial charge in [-0.25, -0.2) is 8.42 Å². The Kier molecular flexibility index (Phi) is 4.66. The lowest BCUT2D eigenvalue weighted by molar-refractivity contribution is 0.0715. The van der Waals surface area contributed by atoms with Crippen LogP contribution in [0.25, 0.3) is 0 Å². The molecule has 1 aliphatic heterocycles. The summed E-state index contributed by atoms with van der Waals surface area (Å²) in [5.74, 6) is 0.289. The number of rotatable bonds is 5. The number of sulfonamides is 1. The molecule has 1 aromatic heterocycles. The Hall–Kier alpha value is -2.19. The third-order valence-electron chi connectivity index (χ3n) is 4.08. The van der Waals surface area contributed by atoms with Gasteiger partial charge < -0.3 is 14.2 Å². The predicted molar refractivity (Wildman–Crippen MR) is 94.8 cm³/mol. The first-order valence-electron chi connectivity index (χ1n) is 7.71. The van der Waals surface area contributed by atoms with E-state index in [-0.39, 0.29) is 10.8 Å². The lowest BCUT2D eigenvalue weighted by Gasteiger charge is -2.26. The summed E-state index contributed by atoms with van der Waals surface area (Å²) in [7, 11) is -2.35. The first kappa shape index (κ1) is 17.6. The number of aromatic nitrogens is 1. The fourth-order valence-corrected chi connectivity index (χ4v) is 4.08. The number of methoxy groups -OCH3 is 1. The molecule has 0 radical (unpaired) electrons. The summed E-state index contributed by atoms with van der Waals surface area (Å²) in [6.45, 7) is 3.62. The minimum Gasteiger partial charge on any atom is -0.495 e. The molecular weight excluding hydrogens is 366 g/mol. The maximum absolute atomic E-state index is 12.6. The van der Waals surface area contributed by atoms with Crippen molar-refractivity contribution in [3.8, 4) is 5.75 Å². The highest BCUT2D eigenvalue weighted by atomic mass is 35.5. The van der Waals surface area contributed by atoms with Gasteiger partial charge in [0.05, 0.1) is 17.8 Å². The van der Waals surface area contributed by atoms with Crippen LogP contribution >= 0.6 is 11.6 Å². The average molecular weight is 384 g/mol. The van der Waals surface area contributed by atoms with Crippen molar-refractivity contribution in [3.05, 3.63) is 41.2 Å². The lowest BCUT2D eigenvalue weighted by atomic mass is 10.3. The molecule has 3 rings (SSSR count). The number of anilines is 1. The number of likely N-dealkylation sites (N-methyl/N-ethyl adjacent to an activating group) is 1. The van der Waals surface area contributed by atoms with Gasteiger partial charge in [0.1, 0.15) is 16.3 Å². The van der Waals surface area contributed by atoms with E-state index >= 15 is 0 Å². The van der Waals surface area contributed by atoms with Crippen LogP contribution < -0.4 is 9.46 Å². The Labute approximate surface area is 151 Å². The van der Waals surface area contributed by atoms with Crippen LogP contribution in [0.1, 0.15) is 17.4 Å². The van der Waals surface area contributed by atoms with Crippen molar-refractivity contribution in [2.75, 3.05) is 24.9 Å². The van der Waals surface area contributed by atoms with Crippen LogP contribution in [0.4, 0.5) is 5.69 Å². The molecule has 0 atom stereocenters. The fraction of sp³-hybridized carbons (Fsp3) is 0.312. The Bertz CT molecular complexity index is 923. The molecule has 9 heteroatoms. The highest BCUT2D eigenvalue weighted by molar-refractivity contribution is 7.92. The van der Waals surface area contributed by atoms with E-state index in [1.54, 1.807) is 21.6 Å². The predicted octanol–water partition coefficient (Wildman–Crippen LogP) is 2.43. The number of carbonyl (C=O) groups is 1. The quantitative estimate of drug-likeness (QED) is 0.859. The van der Waals surface area contributed by atoms with Crippen LogP contribution in [0, 0.1) is 0 Å². The molecule has 2 aromatic rings. The number of hydrogen-bond donors (Lipinski definition) is 1. The maximum atomic E-state index is 12.6. The summed E-state index contributed by atoms with van der Waals surface area (Å²) in [6.07, 6.45) is 1.48. The number of ether oxygens (including phenoxy) is 1. The van der Waals surface area contributed by atoms with Gasteiger partial charge >= 0.3 is 0 Å². The number of hydrogen-bond acceptors (Lipinski definition) is 4. The zero-order valence-corrected chi connectivity index (χ0v) is 15.4. The SMILES string of the molecule is CCN1CCn2cc(S(=O)(=O)Nc3ccc(OC)c(Cl)c3)cc2C1=O. The van der Waals surface area contributed by atoms with Crippen LogP contribution in [0.5, 0.6) is 5.75 Å². The Morgan fingerprint density at radius 2 is 2.04 bits per heavy atom. The van der Waals surface area contributed by atoms with E-state index in [4.69, 9.17) is 16.3 Å². The molecule has 0 bridgehead atoms. The molecule has 7 nitrogen and oxygen atoms in total. The van der Waals surface area contributed by atoms with Crippen LogP contribution in [-0.2, 0) is 16.6 Å². The maximum Gasteiger partial charge on any atom is 0.270 e. The van der Waals surface area contributed by atoms with Crippen LogP contribution in [0.3, 0.4) is 0 Å². The molecule has 0 saturated carbocycles. The molecule has 1 aliphatic rings. The van der Waals surface area contributed by atoms with Crippen molar-refractivity contribution in [1.82, 2.24) is 9.47 Å². The van der Waals surface area contributed by atoms with E-state index in [1.165, 1.54) is 25.4 Å². The van der Waals surface area contributed by atoms with Gasteiger partial charge in [-0.15, -0.1) is 0 Å². The van der Waals surface area contributed by atoms with E-state index in [0.29, 0.717) is 41.8 Å². The number of halogens is 1. The van der Waals surface area contributed by atoms with Gasteiger partial charge in [0, 0.05) is 25.8 Å². The lowest BCUT2D eigenvalue weighted by Crippen LogP contribution is -2.39. The van der Waals surface area contributed by atoms with Gasteiger partial charge in [-0.2, -0.15) is 0 Å². The number of carbonyl (C=O) groups excluding carboxylic acids is 1. The van der Waals surface area contributed by atoms with Crippen molar-refractivity contribution in [2.45, 2.75) is 18.4 Å². The van der Waals surface area contributed by atoms with Gasteiger partial charge in [0.2, 0.25) is 0 Å². The molecule has 1 aromatic carbocycles. The highest BCUT2D eigenvalue weighted by Crippen LogP contribution is 2.29. The van der Waals surface area contributed by atoms with Gasteiger partial charge in [-0.1, -0.05) is 11.6 Å². The molecule has 1 N–H and O–H groups in total. The zero-order valence-electron chi connectivity index (χ0n) is 13.8. The number of benzene rings is 1. The number of nitrogens with one attached hydrogen (secondary N) is 1. The minimum atomic E-state index is -3.83. The topological polar surface area (TPSA) is 80.6 Å². The second kappa shape index (κ2) is 6.61. The first-order chi connectivity index (χ1) is 11.9. The fourth-order valence-electron chi connectivity index (χ4n) is 2.73. The smallest absolute Gasteiger partial charge is 0.270 e. The molecule has 0 aliphatic carbocycles. The van der Waals surface area contributed by atoms with E-state index in [2.05, 4.69) is 4.72 Å². The third kappa shape index (κ3) is 3.32. The van der Waals surface area contributed by atoms with Gasteiger partial charge in [-0.3, -0.25) is 9.52 Å². The van der Waals surface area contributed by atoms with Crippen molar-refractivity contribution in [1.29, 1.82) is 0 Å². The molecule has 1 amide bonds. The van der Waals surface area contributed by atoms with Crippen molar-refractivity contribution < 1.29 is 17.9 Å². The summed E-state index contributed by atoms with van der Waals surface area (Å²) in [5, 5.41) is 0.299. The zero-order chi connectivity index (χ0) is 18.2. The van der Waals surface area contributed by atoms with Crippen LogP contribution in [-0.4, -0.2) is 44.0 Å². The molecule has 0 fully saturated rings. The number of amides is 1. The standard InChI is InChI=1S/C16H18ClN3O4S/c1-3-19-6-7-20-10-12(9-14(20)16(19)21)25(22,23)18-11-4-5-15(24-2)13(17)8-11/h4-5,8-10,18H,3,6-7H2,1-2H3. The second-order valence-corrected chi connectivity index (χ2v) is 7.68.